The van der Waals surface area contributed by atoms with E-state index in [-0.39, 0.29) is 11.7 Å². The Morgan fingerprint density at radius 2 is 2.58 bits per heavy atom. The standard InChI is InChI=1S/C6H10N4OS/c1-10-4-8-5(9-10)2-7-6(11)3-12/h4,12H,2-3H2,1H3,(H,7,11). The molecule has 0 unspecified atom stereocenters. The van der Waals surface area contributed by atoms with Crippen LogP contribution in [0, 0.1) is 0 Å². The van der Waals surface area contributed by atoms with Crippen molar-refractivity contribution >= 4 is 18.5 Å². The summed E-state index contributed by atoms with van der Waals surface area (Å²) in [5.74, 6) is 0.672. The van der Waals surface area contributed by atoms with Crippen molar-refractivity contribution in [3.05, 3.63) is 12.2 Å². The summed E-state index contributed by atoms with van der Waals surface area (Å²) in [5, 5.41) is 6.59. The molecule has 0 aliphatic rings. The van der Waals surface area contributed by atoms with Crippen LogP contribution in [0.25, 0.3) is 0 Å². The van der Waals surface area contributed by atoms with Gasteiger partial charge in [-0.25, -0.2) is 4.98 Å². The normalized spacial score (nSPS) is 9.83. The monoisotopic (exact) mass is 186 g/mol. The van der Waals surface area contributed by atoms with Crippen molar-refractivity contribution in [1.82, 2.24) is 20.1 Å². The van der Waals surface area contributed by atoms with E-state index in [9.17, 15) is 4.79 Å². The van der Waals surface area contributed by atoms with Gasteiger partial charge in [0.05, 0.1) is 12.3 Å². The Hall–Kier alpha value is -1.04. The number of amides is 1. The summed E-state index contributed by atoms with van der Waals surface area (Å²) in [6.45, 7) is 0.361. The topological polar surface area (TPSA) is 59.8 Å². The van der Waals surface area contributed by atoms with Crippen LogP contribution in [0.5, 0.6) is 0 Å². The largest absolute Gasteiger partial charge is 0.348 e. The number of nitrogens with zero attached hydrogens (tertiary/aromatic N) is 3. The van der Waals surface area contributed by atoms with E-state index in [1.54, 1.807) is 18.1 Å². The lowest BCUT2D eigenvalue weighted by Gasteiger charge is -1.97. The molecule has 1 rings (SSSR count). The number of thiol groups is 1. The minimum absolute atomic E-state index is 0.120. The molecule has 1 aromatic rings. The lowest BCUT2D eigenvalue weighted by molar-refractivity contribution is -0.118. The van der Waals surface area contributed by atoms with Crippen LogP contribution >= 0.6 is 12.6 Å². The summed E-state index contributed by atoms with van der Waals surface area (Å²) in [7, 11) is 1.77. The maximum Gasteiger partial charge on any atom is 0.230 e. The second-order valence-corrected chi connectivity index (χ2v) is 2.59. The number of carbonyl (C=O) groups is 1. The van der Waals surface area contributed by atoms with Crippen LogP contribution in [0.2, 0.25) is 0 Å². The molecule has 1 N–H and O–H groups in total. The molecule has 0 bridgehead atoms. The predicted octanol–water partition coefficient (Wildman–Crippen LogP) is -0.639. The third-order valence-electron chi connectivity index (χ3n) is 1.23. The first kappa shape index (κ1) is 9.05. The van der Waals surface area contributed by atoms with Gasteiger partial charge in [0, 0.05) is 7.05 Å². The third kappa shape index (κ3) is 2.54. The van der Waals surface area contributed by atoms with Gasteiger partial charge in [-0.3, -0.25) is 9.48 Å². The molecule has 0 aromatic carbocycles. The number of aromatic nitrogens is 3. The zero-order valence-corrected chi connectivity index (χ0v) is 7.58. The van der Waals surface area contributed by atoms with Gasteiger partial charge in [0.15, 0.2) is 5.82 Å². The quantitative estimate of drug-likeness (QED) is 0.617. The molecule has 0 radical (unpaired) electrons. The van der Waals surface area contributed by atoms with Crippen LogP contribution in [0.3, 0.4) is 0 Å². The Balaban J connectivity index is 2.38. The molecule has 1 aromatic heterocycles. The average Bonchev–Trinajstić information content (AvgIpc) is 2.47. The molecular formula is C6H10N4OS. The summed E-state index contributed by atoms with van der Waals surface area (Å²) in [6.07, 6.45) is 1.59. The second kappa shape index (κ2) is 4.10. The number of carbonyl (C=O) groups excluding carboxylic acids is 1. The van der Waals surface area contributed by atoms with Crippen LogP contribution < -0.4 is 5.32 Å². The summed E-state index contributed by atoms with van der Waals surface area (Å²) in [5.41, 5.74) is 0. The zero-order valence-electron chi connectivity index (χ0n) is 6.69. The Bertz CT molecular complexity index is 272. The highest BCUT2D eigenvalue weighted by Crippen LogP contribution is 1.86. The van der Waals surface area contributed by atoms with Crippen molar-refractivity contribution < 1.29 is 4.79 Å². The van der Waals surface area contributed by atoms with Gasteiger partial charge in [-0.2, -0.15) is 17.7 Å². The Morgan fingerprint density at radius 1 is 1.83 bits per heavy atom. The van der Waals surface area contributed by atoms with E-state index in [2.05, 4.69) is 28.0 Å². The smallest absolute Gasteiger partial charge is 0.230 e. The maximum absolute atomic E-state index is 10.7. The molecule has 0 spiro atoms. The zero-order chi connectivity index (χ0) is 8.97. The summed E-state index contributed by atoms with van der Waals surface area (Å²) in [6, 6.07) is 0. The van der Waals surface area contributed by atoms with E-state index in [0.29, 0.717) is 12.4 Å². The molecule has 1 heterocycles. The molecule has 0 saturated carbocycles. The van der Waals surface area contributed by atoms with Crippen molar-refractivity contribution in [2.75, 3.05) is 5.75 Å². The highest BCUT2D eigenvalue weighted by Gasteiger charge is 2.00. The molecular weight excluding hydrogens is 176 g/mol. The Morgan fingerprint density at radius 3 is 3.08 bits per heavy atom. The van der Waals surface area contributed by atoms with E-state index < -0.39 is 0 Å². The first-order chi connectivity index (χ1) is 5.72. The predicted molar refractivity (Wildman–Crippen MR) is 46.7 cm³/mol. The molecule has 1 amide bonds. The number of rotatable bonds is 3. The van der Waals surface area contributed by atoms with Gasteiger partial charge in [-0.1, -0.05) is 0 Å². The Kier molecular flexibility index (Phi) is 3.09. The molecule has 66 valence electrons. The van der Waals surface area contributed by atoms with Crippen LogP contribution in [-0.4, -0.2) is 26.4 Å². The van der Waals surface area contributed by atoms with E-state index in [4.69, 9.17) is 0 Å². The van der Waals surface area contributed by atoms with Crippen molar-refractivity contribution in [1.29, 1.82) is 0 Å². The second-order valence-electron chi connectivity index (χ2n) is 2.27. The SMILES string of the molecule is Cn1cnc(CNC(=O)CS)n1. The minimum Gasteiger partial charge on any atom is -0.348 e. The van der Waals surface area contributed by atoms with Crippen molar-refractivity contribution in [2.24, 2.45) is 7.05 Å². The molecule has 0 saturated heterocycles. The molecule has 0 atom stereocenters. The fourth-order valence-electron chi connectivity index (χ4n) is 0.698. The van der Waals surface area contributed by atoms with E-state index in [1.807, 2.05) is 0 Å². The minimum atomic E-state index is -0.120. The van der Waals surface area contributed by atoms with Crippen molar-refractivity contribution in [3.63, 3.8) is 0 Å². The van der Waals surface area contributed by atoms with E-state index in [0.717, 1.165) is 0 Å². The summed E-state index contributed by atoms with van der Waals surface area (Å²) in [4.78, 5) is 14.7. The lowest BCUT2D eigenvalue weighted by atomic mass is 10.5. The van der Waals surface area contributed by atoms with Crippen LogP contribution in [0.4, 0.5) is 0 Å². The maximum atomic E-state index is 10.7. The Labute approximate surface area is 75.6 Å². The fourth-order valence-corrected chi connectivity index (χ4v) is 0.810. The molecule has 0 fully saturated rings. The summed E-state index contributed by atoms with van der Waals surface area (Å²) >= 11 is 3.81. The molecule has 12 heavy (non-hydrogen) atoms. The average molecular weight is 186 g/mol. The number of nitrogens with one attached hydrogen (secondary N) is 1. The molecule has 0 aliphatic heterocycles. The molecule has 5 nitrogen and oxygen atoms in total. The number of aryl methyl sites for hydroxylation is 1. The van der Waals surface area contributed by atoms with Gasteiger partial charge in [0.1, 0.15) is 6.33 Å². The highest BCUT2D eigenvalue weighted by molar-refractivity contribution is 7.81. The van der Waals surface area contributed by atoms with Crippen LogP contribution in [0.15, 0.2) is 6.33 Å². The number of hydrogen-bond acceptors (Lipinski definition) is 4. The number of hydrogen-bond donors (Lipinski definition) is 2. The van der Waals surface area contributed by atoms with Crippen LogP contribution in [0.1, 0.15) is 5.82 Å². The van der Waals surface area contributed by atoms with E-state index >= 15 is 0 Å². The highest BCUT2D eigenvalue weighted by atomic mass is 32.1. The van der Waals surface area contributed by atoms with Gasteiger partial charge in [0.2, 0.25) is 5.91 Å². The van der Waals surface area contributed by atoms with Gasteiger partial charge in [-0.15, -0.1) is 0 Å². The van der Waals surface area contributed by atoms with Crippen LogP contribution in [-0.2, 0) is 18.4 Å². The molecule has 6 heteroatoms. The van der Waals surface area contributed by atoms with Gasteiger partial charge < -0.3 is 5.32 Å². The third-order valence-corrected chi connectivity index (χ3v) is 1.52. The van der Waals surface area contributed by atoms with Gasteiger partial charge >= 0.3 is 0 Å². The first-order valence-corrected chi connectivity index (χ1v) is 4.07. The summed E-state index contributed by atoms with van der Waals surface area (Å²) < 4.78 is 1.59. The van der Waals surface area contributed by atoms with E-state index in [1.165, 1.54) is 0 Å². The van der Waals surface area contributed by atoms with Crippen molar-refractivity contribution in [3.8, 4) is 0 Å². The fraction of sp³-hybridized carbons (Fsp3) is 0.500. The van der Waals surface area contributed by atoms with Gasteiger partial charge in [-0.05, 0) is 0 Å². The molecule has 0 aliphatic carbocycles. The first-order valence-electron chi connectivity index (χ1n) is 3.44. The van der Waals surface area contributed by atoms with Crippen molar-refractivity contribution in [2.45, 2.75) is 6.54 Å². The van der Waals surface area contributed by atoms with Gasteiger partial charge in [0.25, 0.3) is 0 Å². The lowest BCUT2D eigenvalue weighted by Crippen LogP contribution is -2.24.